The molecule has 106 valence electrons. The molecular weight excluding hydrogens is 278 g/mol. The summed E-state index contributed by atoms with van der Waals surface area (Å²) in [7, 11) is 1.94. The van der Waals surface area contributed by atoms with E-state index >= 15 is 0 Å². The number of rotatable bonds is 5. The first-order chi connectivity index (χ1) is 9.49. The van der Waals surface area contributed by atoms with E-state index in [-0.39, 0.29) is 11.8 Å². The zero-order valence-electron chi connectivity index (χ0n) is 11.3. The van der Waals surface area contributed by atoms with E-state index in [2.05, 4.69) is 0 Å². The van der Waals surface area contributed by atoms with Crippen molar-refractivity contribution in [3.63, 3.8) is 0 Å². The average Bonchev–Trinajstić information content (AvgIpc) is 2.87. The van der Waals surface area contributed by atoms with Gasteiger partial charge in [0.15, 0.2) is 0 Å². The molecule has 1 heterocycles. The molecule has 0 aliphatic heterocycles. The van der Waals surface area contributed by atoms with Gasteiger partial charge in [0.2, 0.25) is 5.76 Å². The van der Waals surface area contributed by atoms with E-state index in [1.165, 1.54) is 6.07 Å². The normalized spacial score (nSPS) is 12.6. The van der Waals surface area contributed by atoms with Gasteiger partial charge in [-0.15, -0.1) is 0 Å². The summed E-state index contributed by atoms with van der Waals surface area (Å²) in [5, 5.41) is 9.55. The van der Waals surface area contributed by atoms with E-state index in [1.807, 2.05) is 43.1 Å². The first kappa shape index (κ1) is 14.6. The second-order valence-electron chi connectivity index (χ2n) is 4.68. The molecule has 1 atom stereocenters. The van der Waals surface area contributed by atoms with Crippen molar-refractivity contribution < 1.29 is 14.3 Å². The number of hydrogen-bond donors (Lipinski definition) is 1. The fraction of sp³-hybridized carbons (Fsp3) is 0.267. The Kier molecular flexibility index (Phi) is 4.47. The molecule has 0 radical (unpaired) electrons. The highest BCUT2D eigenvalue weighted by Gasteiger charge is 2.17. The average molecular weight is 294 g/mol. The molecule has 0 bridgehead atoms. The molecule has 0 saturated heterocycles. The maximum atomic E-state index is 10.8. The summed E-state index contributed by atoms with van der Waals surface area (Å²) in [5.74, 6) is -0.486. The van der Waals surface area contributed by atoms with Gasteiger partial charge in [-0.3, -0.25) is 4.90 Å². The van der Waals surface area contributed by atoms with Crippen LogP contribution >= 0.6 is 11.6 Å². The first-order valence-corrected chi connectivity index (χ1v) is 6.63. The van der Waals surface area contributed by atoms with Crippen molar-refractivity contribution in [3.8, 4) is 0 Å². The van der Waals surface area contributed by atoms with Crippen molar-refractivity contribution in [1.29, 1.82) is 0 Å². The molecule has 0 saturated carbocycles. The minimum atomic E-state index is -1.06. The fourth-order valence-electron chi connectivity index (χ4n) is 2.01. The number of hydrogen-bond acceptors (Lipinski definition) is 3. The third kappa shape index (κ3) is 3.21. The Balaban J connectivity index is 2.09. The van der Waals surface area contributed by atoms with Crippen LogP contribution in [0, 0.1) is 0 Å². The quantitative estimate of drug-likeness (QED) is 0.910. The number of carboxylic acid groups (broad SMARTS) is 1. The monoisotopic (exact) mass is 293 g/mol. The molecule has 1 N–H and O–H groups in total. The van der Waals surface area contributed by atoms with Crippen LogP contribution in [-0.4, -0.2) is 23.0 Å². The van der Waals surface area contributed by atoms with Gasteiger partial charge >= 0.3 is 5.97 Å². The largest absolute Gasteiger partial charge is 0.475 e. The van der Waals surface area contributed by atoms with Gasteiger partial charge in [-0.1, -0.05) is 29.8 Å². The molecule has 1 unspecified atom stereocenters. The minimum Gasteiger partial charge on any atom is -0.475 e. The Morgan fingerprint density at radius 3 is 2.65 bits per heavy atom. The molecule has 4 nitrogen and oxygen atoms in total. The van der Waals surface area contributed by atoms with Crippen LogP contribution in [0.5, 0.6) is 0 Å². The standard InChI is InChI=1S/C15H16ClNO3/c1-10(12-5-3-4-6-13(12)16)17(2)9-11-7-8-14(20-11)15(18)19/h3-8,10H,9H2,1-2H3,(H,18,19). The summed E-state index contributed by atoms with van der Waals surface area (Å²) in [6, 6.07) is 10.9. The summed E-state index contributed by atoms with van der Waals surface area (Å²) >= 11 is 6.18. The van der Waals surface area contributed by atoms with Gasteiger partial charge < -0.3 is 9.52 Å². The SMILES string of the molecule is CC(c1ccccc1Cl)N(C)Cc1ccc(C(=O)O)o1. The van der Waals surface area contributed by atoms with Crippen LogP contribution in [0.2, 0.25) is 5.02 Å². The molecule has 1 aromatic heterocycles. The van der Waals surface area contributed by atoms with Gasteiger partial charge in [0.1, 0.15) is 5.76 Å². The molecule has 0 fully saturated rings. The van der Waals surface area contributed by atoms with Gasteiger partial charge in [0.25, 0.3) is 0 Å². The van der Waals surface area contributed by atoms with Crippen molar-refractivity contribution >= 4 is 17.6 Å². The molecule has 20 heavy (non-hydrogen) atoms. The maximum Gasteiger partial charge on any atom is 0.371 e. The highest BCUT2D eigenvalue weighted by molar-refractivity contribution is 6.31. The lowest BCUT2D eigenvalue weighted by molar-refractivity contribution is 0.0658. The van der Waals surface area contributed by atoms with E-state index in [9.17, 15) is 4.79 Å². The van der Waals surface area contributed by atoms with Gasteiger partial charge in [-0.2, -0.15) is 0 Å². The Labute approximate surface area is 122 Å². The van der Waals surface area contributed by atoms with E-state index in [0.717, 1.165) is 10.6 Å². The second-order valence-corrected chi connectivity index (χ2v) is 5.09. The summed E-state index contributed by atoms with van der Waals surface area (Å²) in [5.41, 5.74) is 1.03. The molecule has 2 rings (SSSR count). The van der Waals surface area contributed by atoms with Gasteiger partial charge in [-0.05, 0) is 37.7 Å². The fourth-order valence-corrected chi connectivity index (χ4v) is 2.31. The number of halogens is 1. The lowest BCUT2D eigenvalue weighted by atomic mass is 10.1. The lowest BCUT2D eigenvalue weighted by Crippen LogP contribution is -2.21. The Morgan fingerprint density at radius 2 is 2.05 bits per heavy atom. The topological polar surface area (TPSA) is 53.7 Å². The highest BCUT2D eigenvalue weighted by Crippen LogP contribution is 2.27. The van der Waals surface area contributed by atoms with Crippen LogP contribution in [-0.2, 0) is 6.54 Å². The molecule has 0 aliphatic carbocycles. The van der Waals surface area contributed by atoms with E-state index in [1.54, 1.807) is 6.07 Å². The Bertz CT molecular complexity index is 609. The Hall–Kier alpha value is -1.78. The summed E-state index contributed by atoms with van der Waals surface area (Å²) in [6.07, 6.45) is 0. The summed E-state index contributed by atoms with van der Waals surface area (Å²) in [4.78, 5) is 12.8. The number of carboxylic acids is 1. The van der Waals surface area contributed by atoms with Crippen LogP contribution < -0.4 is 0 Å². The van der Waals surface area contributed by atoms with Crippen molar-refractivity contribution in [2.45, 2.75) is 19.5 Å². The summed E-state index contributed by atoms with van der Waals surface area (Å²) < 4.78 is 5.26. The summed E-state index contributed by atoms with van der Waals surface area (Å²) in [6.45, 7) is 2.56. The number of furan rings is 1. The van der Waals surface area contributed by atoms with Crippen molar-refractivity contribution in [2.75, 3.05) is 7.05 Å². The predicted octanol–water partition coefficient (Wildman–Crippen LogP) is 3.82. The second kappa shape index (κ2) is 6.11. The molecule has 0 amide bonds. The van der Waals surface area contributed by atoms with E-state index in [4.69, 9.17) is 21.1 Å². The molecule has 0 spiro atoms. The van der Waals surface area contributed by atoms with E-state index in [0.29, 0.717) is 12.3 Å². The van der Waals surface area contributed by atoms with Crippen LogP contribution in [0.15, 0.2) is 40.8 Å². The molecule has 5 heteroatoms. The minimum absolute atomic E-state index is 0.0428. The van der Waals surface area contributed by atoms with Gasteiger partial charge in [0, 0.05) is 11.1 Å². The maximum absolute atomic E-state index is 10.8. The van der Waals surface area contributed by atoms with Crippen molar-refractivity contribution in [1.82, 2.24) is 4.90 Å². The van der Waals surface area contributed by atoms with Gasteiger partial charge in [-0.25, -0.2) is 4.79 Å². The highest BCUT2D eigenvalue weighted by atomic mass is 35.5. The third-order valence-corrected chi connectivity index (χ3v) is 3.64. The number of nitrogens with zero attached hydrogens (tertiary/aromatic N) is 1. The Morgan fingerprint density at radius 1 is 1.35 bits per heavy atom. The first-order valence-electron chi connectivity index (χ1n) is 6.25. The molecule has 0 aliphatic rings. The number of carbonyl (C=O) groups is 1. The molecule has 2 aromatic rings. The predicted molar refractivity (Wildman–Crippen MR) is 77.0 cm³/mol. The van der Waals surface area contributed by atoms with E-state index < -0.39 is 5.97 Å². The van der Waals surface area contributed by atoms with Crippen LogP contribution in [0.1, 0.15) is 34.8 Å². The number of benzene rings is 1. The van der Waals surface area contributed by atoms with Crippen molar-refractivity contribution in [2.24, 2.45) is 0 Å². The lowest BCUT2D eigenvalue weighted by Gasteiger charge is -2.24. The zero-order chi connectivity index (χ0) is 14.7. The zero-order valence-corrected chi connectivity index (χ0v) is 12.1. The van der Waals surface area contributed by atoms with Gasteiger partial charge in [0.05, 0.1) is 6.54 Å². The van der Waals surface area contributed by atoms with Crippen molar-refractivity contribution in [3.05, 3.63) is 58.5 Å². The number of aromatic carboxylic acids is 1. The van der Waals surface area contributed by atoms with Crippen LogP contribution in [0.25, 0.3) is 0 Å². The molecular formula is C15H16ClNO3. The smallest absolute Gasteiger partial charge is 0.371 e. The van der Waals surface area contributed by atoms with Crippen LogP contribution in [0.3, 0.4) is 0 Å². The van der Waals surface area contributed by atoms with Crippen LogP contribution in [0.4, 0.5) is 0 Å². The third-order valence-electron chi connectivity index (χ3n) is 3.29. The molecule has 1 aromatic carbocycles.